The fourth-order valence-corrected chi connectivity index (χ4v) is 2.67. The summed E-state index contributed by atoms with van der Waals surface area (Å²) in [6, 6.07) is 0. The third kappa shape index (κ3) is 6.06. The minimum absolute atomic E-state index is 0. The molecule has 0 aliphatic heterocycles. The van der Waals surface area contributed by atoms with Crippen LogP contribution in [0.25, 0.3) is 0 Å². The van der Waals surface area contributed by atoms with Crippen LogP contribution in [0.15, 0.2) is 23.3 Å². The summed E-state index contributed by atoms with van der Waals surface area (Å²) in [5, 5.41) is 0. The largest absolute Gasteiger partial charge is 1.00 e. The van der Waals surface area contributed by atoms with E-state index in [0.29, 0.717) is 5.41 Å². The zero-order valence-corrected chi connectivity index (χ0v) is 13.7. The maximum atomic E-state index is 3.86. The van der Waals surface area contributed by atoms with Crippen molar-refractivity contribution in [1.29, 1.82) is 0 Å². The molecule has 0 aromatic carbocycles. The van der Waals surface area contributed by atoms with Crippen LogP contribution in [0, 0.1) is 5.41 Å². The Morgan fingerprint density at radius 1 is 1.00 bits per heavy atom. The van der Waals surface area contributed by atoms with Gasteiger partial charge in [0.1, 0.15) is 0 Å². The lowest BCUT2D eigenvalue weighted by molar-refractivity contribution is -0.352. The zero-order valence-electron chi connectivity index (χ0n) is 13.0. The second kappa shape index (κ2) is 10.6. The van der Waals surface area contributed by atoms with Gasteiger partial charge in [-0.2, -0.15) is 0 Å². The van der Waals surface area contributed by atoms with Gasteiger partial charge in [0.15, 0.2) is 0 Å². The van der Waals surface area contributed by atoms with Gasteiger partial charge in [-0.05, 0) is 57.4 Å². The van der Waals surface area contributed by atoms with Crippen LogP contribution in [0.4, 0.5) is 0 Å². The monoisotopic (exact) mass is 273 g/mol. The number of rotatable bonds is 8. The minimum Gasteiger partial charge on any atom is -1.00 e. The molecule has 3 N–H and O–H groups in total. The molecule has 0 unspecified atom stereocenters. The van der Waals surface area contributed by atoms with Crippen molar-refractivity contribution in [2.75, 3.05) is 6.54 Å². The highest BCUT2D eigenvalue weighted by Crippen LogP contribution is 2.38. The van der Waals surface area contributed by atoms with Gasteiger partial charge in [-0.15, -0.1) is 0 Å². The number of allylic oxidation sites excluding steroid dienone is 3. The zero-order chi connectivity index (χ0) is 13.3. The first-order valence-corrected chi connectivity index (χ1v) is 7.18. The first-order chi connectivity index (χ1) is 8.06. The van der Waals surface area contributed by atoms with Gasteiger partial charge in [0.2, 0.25) is 0 Å². The average Bonchev–Trinajstić information content (AvgIpc) is 2.32. The quantitative estimate of drug-likeness (QED) is 0.642. The standard InChI is InChI=1S/C16H31N.ClH/c1-6-16(7-2,8-3)15(5)11-9-10-14(4)12-13-17;/h11-12H,6-10,13,17H2,1-5H3;1H/b14-12-,15-11?;. The van der Waals surface area contributed by atoms with Gasteiger partial charge in [-0.3, -0.25) is 0 Å². The number of hydrogen-bond donors (Lipinski definition) is 1. The highest BCUT2D eigenvalue weighted by Gasteiger charge is 2.25. The van der Waals surface area contributed by atoms with E-state index >= 15 is 0 Å². The molecule has 1 nitrogen and oxygen atoms in total. The molecule has 0 amide bonds. The molecule has 0 saturated carbocycles. The molecule has 0 heterocycles. The van der Waals surface area contributed by atoms with E-state index in [9.17, 15) is 0 Å². The number of quaternary nitrogens is 1. The van der Waals surface area contributed by atoms with Gasteiger partial charge in [-0.25, -0.2) is 0 Å². The van der Waals surface area contributed by atoms with Gasteiger partial charge in [-0.1, -0.05) is 38.0 Å². The van der Waals surface area contributed by atoms with Crippen molar-refractivity contribution in [2.45, 2.75) is 66.7 Å². The van der Waals surface area contributed by atoms with Crippen LogP contribution in [0.2, 0.25) is 0 Å². The molecule has 18 heavy (non-hydrogen) atoms. The third-order valence-corrected chi connectivity index (χ3v) is 4.35. The van der Waals surface area contributed by atoms with Crippen LogP contribution in [-0.4, -0.2) is 6.54 Å². The van der Waals surface area contributed by atoms with Crippen LogP contribution in [0.3, 0.4) is 0 Å². The third-order valence-electron chi connectivity index (χ3n) is 4.35. The van der Waals surface area contributed by atoms with Gasteiger partial charge in [0.25, 0.3) is 0 Å². The summed E-state index contributed by atoms with van der Waals surface area (Å²) in [7, 11) is 0. The van der Waals surface area contributed by atoms with Crippen LogP contribution in [-0.2, 0) is 0 Å². The normalized spacial score (nSPS) is 13.4. The fourth-order valence-electron chi connectivity index (χ4n) is 2.67. The summed E-state index contributed by atoms with van der Waals surface area (Å²) < 4.78 is 0. The average molecular weight is 274 g/mol. The lowest BCUT2D eigenvalue weighted by Crippen LogP contribution is -3.00. The Balaban J connectivity index is 0. The Kier molecular flexibility index (Phi) is 11.8. The highest BCUT2D eigenvalue weighted by molar-refractivity contribution is 5.12. The number of hydrogen-bond acceptors (Lipinski definition) is 0. The lowest BCUT2D eigenvalue weighted by Gasteiger charge is -2.32. The topological polar surface area (TPSA) is 27.6 Å². The maximum absolute atomic E-state index is 3.86. The summed E-state index contributed by atoms with van der Waals surface area (Å²) >= 11 is 0. The summed E-state index contributed by atoms with van der Waals surface area (Å²) in [4.78, 5) is 0. The summed E-state index contributed by atoms with van der Waals surface area (Å²) in [6.45, 7) is 12.4. The summed E-state index contributed by atoms with van der Waals surface area (Å²) in [5.74, 6) is 0. The van der Waals surface area contributed by atoms with Crippen molar-refractivity contribution in [1.82, 2.24) is 0 Å². The summed E-state index contributed by atoms with van der Waals surface area (Å²) in [5.41, 5.74) is 7.37. The fraction of sp³-hybridized carbons (Fsp3) is 0.750. The molecule has 0 saturated heterocycles. The Morgan fingerprint density at radius 2 is 1.50 bits per heavy atom. The highest BCUT2D eigenvalue weighted by atomic mass is 35.5. The number of halogens is 1. The molecular weight excluding hydrogens is 242 g/mol. The van der Waals surface area contributed by atoms with Gasteiger partial charge >= 0.3 is 0 Å². The van der Waals surface area contributed by atoms with Crippen molar-refractivity contribution in [3.05, 3.63) is 23.3 Å². The van der Waals surface area contributed by atoms with Gasteiger partial charge in [0, 0.05) is 0 Å². The van der Waals surface area contributed by atoms with E-state index in [1.807, 2.05) is 0 Å². The van der Waals surface area contributed by atoms with Crippen LogP contribution < -0.4 is 18.1 Å². The van der Waals surface area contributed by atoms with E-state index in [-0.39, 0.29) is 12.4 Å². The van der Waals surface area contributed by atoms with Crippen molar-refractivity contribution in [2.24, 2.45) is 5.41 Å². The second-order valence-corrected chi connectivity index (χ2v) is 5.11. The Hall–Kier alpha value is -0.270. The molecule has 0 fully saturated rings. The molecule has 0 bridgehead atoms. The molecule has 0 spiro atoms. The smallest absolute Gasteiger partial charge is 0.0929 e. The van der Waals surface area contributed by atoms with Crippen LogP contribution in [0.1, 0.15) is 66.7 Å². The van der Waals surface area contributed by atoms with Crippen LogP contribution in [0.5, 0.6) is 0 Å². The molecule has 0 radical (unpaired) electrons. The predicted octanol–water partition coefficient (Wildman–Crippen LogP) is 1.12. The maximum Gasteiger partial charge on any atom is 0.0929 e. The van der Waals surface area contributed by atoms with Crippen molar-refractivity contribution >= 4 is 0 Å². The summed E-state index contributed by atoms with van der Waals surface area (Å²) in [6.07, 6.45) is 10.8. The Bertz CT molecular complexity index is 254. The molecule has 0 aliphatic rings. The van der Waals surface area contributed by atoms with Gasteiger partial charge in [0.05, 0.1) is 6.54 Å². The van der Waals surface area contributed by atoms with E-state index < -0.39 is 0 Å². The van der Waals surface area contributed by atoms with E-state index in [2.05, 4.69) is 52.5 Å². The first kappa shape index (κ1) is 20.1. The molecule has 0 aliphatic carbocycles. The Morgan fingerprint density at radius 3 is 1.89 bits per heavy atom. The van der Waals surface area contributed by atoms with Crippen molar-refractivity contribution in [3.63, 3.8) is 0 Å². The molecule has 0 rings (SSSR count). The minimum atomic E-state index is 0. The van der Waals surface area contributed by atoms with Gasteiger partial charge < -0.3 is 18.1 Å². The van der Waals surface area contributed by atoms with E-state index in [4.69, 9.17) is 0 Å². The predicted molar refractivity (Wildman–Crippen MR) is 77.8 cm³/mol. The Labute approximate surface area is 120 Å². The second-order valence-electron chi connectivity index (χ2n) is 5.11. The van der Waals surface area contributed by atoms with Crippen LogP contribution >= 0.6 is 0 Å². The first-order valence-electron chi connectivity index (χ1n) is 7.18. The lowest BCUT2D eigenvalue weighted by atomic mass is 9.73. The van der Waals surface area contributed by atoms with E-state index in [1.165, 1.54) is 37.7 Å². The molecule has 108 valence electrons. The van der Waals surface area contributed by atoms with E-state index in [1.54, 1.807) is 5.57 Å². The van der Waals surface area contributed by atoms with Crippen molar-refractivity contribution in [3.8, 4) is 0 Å². The van der Waals surface area contributed by atoms with Crippen molar-refractivity contribution < 1.29 is 18.1 Å². The molecule has 0 atom stereocenters. The SMILES string of the molecule is CCC(CC)(CC)C(C)=CCC/C(C)=C\C[NH3+].[Cl-]. The molecule has 2 heteroatoms. The van der Waals surface area contributed by atoms with E-state index in [0.717, 1.165) is 6.54 Å². The molecular formula is C16H32ClN. The molecule has 0 aromatic heterocycles. The molecule has 0 aromatic rings.